The van der Waals surface area contributed by atoms with Gasteiger partial charge in [-0.1, -0.05) is 27.7 Å². The van der Waals surface area contributed by atoms with Gasteiger partial charge in [-0.3, -0.25) is 4.90 Å². The van der Waals surface area contributed by atoms with Crippen LogP contribution in [0, 0.1) is 16.7 Å². The van der Waals surface area contributed by atoms with Crippen molar-refractivity contribution in [2.75, 3.05) is 13.6 Å². The third kappa shape index (κ3) is 3.27. The fraction of sp³-hybridized carbons (Fsp3) is 1.00. The van der Waals surface area contributed by atoms with Gasteiger partial charge in [-0.05, 0) is 55.9 Å². The van der Waals surface area contributed by atoms with Gasteiger partial charge in [0.25, 0.3) is 0 Å². The van der Waals surface area contributed by atoms with Crippen molar-refractivity contribution in [3.8, 4) is 0 Å². The van der Waals surface area contributed by atoms with Crippen molar-refractivity contribution >= 4 is 0 Å². The Balaban J connectivity index is 2.06. The molecule has 0 radical (unpaired) electrons. The smallest absolute Gasteiger partial charge is 0.0246 e. The maximum absolute atomic E-state index is 6.01. The van der Waals surface area contributed by atoms with E-state index in [9.17, 15) is 0 Å². The van der Waals surface area contributed by atoms with Gasteiger partial charge in [0.05, 0.1) is 0 Å². The molecule has 0 aliphatic heterocycles. The first-order valence-corrected chi connectivity index (χ1v) is 7.66. The molecule has 2 rings (SSSR count). The van der Waals surface area contributed by atoms with Gasteiger partial charge in [0.15, 0.2) is 0 Å². The lowest BCUT2D eigenvalue weighted by atomic mass is 9.63. The van der Waals surface area contributed by atoms with Crippen molar-refractivity contribution in [1.82, 2.24) is 4.90 Å². The second-order valence-electron chi connectivity index (χ2n) is 8.37. The highest BCUT2D eigenvalue weighted by molar-refractivity contribution is 4.97. The molecule has 0 spiro atoms. The molecule has 2 aliphatic rings. The van der Waals surface area contributed by atoms with Crippen LogP contribution in [0.3, 0.4) is 0 Å². The molecule has 0 bridgehead atoms. The molecule has 0 aromatic heterocycles. The standard InChI is InChI=1S/C16H32N2/c1-15(2)8-13(9-16(3,4)11-15)18(5)14(10-17)12-6-7-12/h12-14H,6-11,17H2,1-5H3. The number of hydrogen-bond donors (Lipinski definition) is 1. The number of nitrogens with zero attached hydrogens (tertiary/aromatic N) is 1. The van der Waals surface area contributed by atoms with Gasteiger partial charge in [-0.15, -0.1) is 0 Å². The summed E-state index contributed by atoms with van der Waals surface area (Å²) in [6.07, 6.45) is 6.80. The Morgan fingerprint density at radius 1 is 1.11 bits per heavy atom. The number of likely N-dealkylation sites (N-methyl/N-ethyl adjacent to an activating group) is 1. The predicted molar refractivity (Wildman–Crippen MR) is 78.5 cm³/mol. The minimum Gasteiger partial charge on any atom is -0.329 e. The molecule has 2 fully saturated rings. The van der Waals surface area contributed by atoms with Crippen molar-refractivity contribution < 1.29 is 0 Å². The summed E-state index contributed by atoms with van der Waals surface area (Å²) in [6.45, 7) is 10.6. The van der Waals surface area contributed by atoms with Crippen LogP contribution in [0.5, 0.6) is 0 Å². The van der Waals surface area contributed by atoms with Gasteiger partial charge in [-0.25, -0.2) is 0 Å². The summed E-state index contributed by atoms with van der Waals surface area (Å²) in [6, 6.07) is 1.34. The zero-order chi connectivity index (χ0) is 13.6. The Hall–Kier alpha value is -0.0800. The van der Waals surface area contributed by atoms with Crippen LogP contribution >= 0.6 is 0 Å². The highest BCUT2D eigenvalue weighted by Gasteiger charge is 2.43. The average molecular weight is 252 g/mol. The SMILES string of the molecule is CN(C1CC(C)(C)CC(C)(C)C1)C(CN)C1CC1. The topological polar surface area (TPSA) is 29.3 Å². The van der Waals surface area contributed by atoms with Crippen molar-refractivity contribution in [3.63, 3.8) is 0 Å². The highest BCUT2D eigenvalue weighted by atomic mass is 15.2. The minimum absolute atomic E-state index is 0.476. The fourth-order valence-electron chi connectivity index (χ4n) is 4.52. The lowest BCUT2D eigenvalue weighted by Crippen LogP contribution is -2.51. The van der Waals surface area contributed by atoms with Crippen LogP contribution in [0.25, 0.3) is 0 Å². The third-order valence-corrected chi connectivity index (χ3v) is 5.04. The first-order valence-electron chi connectivity index (χ1n) is 7.66. The van der Waals surface area contributed by atoms with E-state index in [0.717, 1.165) is 18.5 Å². The van der Waals surface area contributed by atoms with E-state index in [1.54, 1.807) is 0 Å². The molecule has 0 amide bonds. The quantitative estimate of drug-likeness (QED) is 0.832. The average Bonchev–Trinajstić information content (AvgIpc) is 2.98. The summed E-state index contributed by atoms with van der Waals surface area (Å²) in [7, 11) is 2.32. The second kappa shape index (κ2) is 4.79. The maximum atomic E-state index is 6.01. The Kier molecular flexibility index (Phi) is 3.81. The molecule has 0 heterocycles. The van der Waals surface area contributed by atoms with Gasteiger partial charge in [0, 0.05) is 18.6 Å². The largest absolute Gasteiger partial charge is 0.329 e. The lowest BCUT2D eigenvalue weighted by molar-refractivity contribution is 0.0152. The Morgan fingerprint density at radius 3 is 2.00 bits per heavy atom. The molecule has 2 N–H and O–H groups in total. The Morgan fingerprint density at radius 2 is 1.61 bits per heavy atom. The Labute approximate surface area is 113 Å². The molecule has 2 heteroatoms. The summed E-state index contributed by atoms with van der Waals surface area (Å²) >= 11 is 0. The van der Waals surface area contributed by atoms with E-state index >= 15 is 0 Å². The zero-order valence-electron chi connectivity index (χ0n) is 13.0. The maximum Gasteiger partial charge on any atom is 0.0246 e. The summed E-state index contributed by atoms with van der Waals surface area (Å²) in [5.74, 6) is 0.883. The summed E-state index contributed by atoms with van der Waals surface area (Å²) in [4.78, 5) is 2.63. The van der Waals surface area contributed by atoms with E-state index in [2.05, 4.69) is 39.6 Å². The summed E-state index contributed by atoms with van der Waals surface area (Å²) in [5, 5.41) is 0. The molecule has 18 heavy (non-hydrogen) atoms. The monoisotopic (exact) mass is 252 g/mol. The minimum atomic E-state index is 0.476. The van der Waals surface area contributed by atoms with E-state index in [1.165, 1.54) is 32.1 Å². The molecule has 106 valence electrons. The van der Waals surface area contributed by atoms with Crippen molar-refractivity contribution in [2.45, 2.75) is 71.9 Å². The van der Waals surface area contributed by atoms with Gasteiger partial charge in [0.1, 0.15) is 0 Å². The molecular formula is C16H32N2. The molecular weight excluding hydrogens is 220 g/mol. The molecule has 0 aromatic rings. The van der Waals surface area contributed by atoms with Gasteiger partial charge < -0.3 is 5.73 Å². The van der Waals surface area contributed by atoms with E-state index in [-0.39, 0.29) is 0 Å². The molecule has 1 unspecified atom stereocenters. The zero-order valence-corrected chi connectivity index (χ0v) is 13.0. The van der Waals surface area contributed by atoms with E-state index in [0.29, 0.717) is 16.9 Å². The highest BCUT2D eigenvalue weighted by Crippen LogP contribution is 2.48. The van der Waals surface area contributed by atoms with Crippen molar-refractivity contribution in [2.24, 2.45) is 22.5 Å². The summed E-state index contributed by atoms with van der Waals surface area (Å²) < 4.78 is 0. The molecule has 0 saturated heterocycles. The number of hydrogen-bond acceptors (Lipinski definition) is 2. The molecule has 0 aromatic carbocycles. The van der Waals surface area contributed by atoms with Gasteiger partial charge >= 0.3 is 0 Å². The lowest BCUT2D eigenvalue weighted by Gasteiger charge is -2.49. The third-order valence-electron chi connectivity index (χ3n) is 5.04. The van der Waals surface area contributed by atoms with Crippen LogP contribution in [0.2, 0.25) is 0 Å². The molecule has 2 aliphatic carbocycles. The van der Waals surface area contributed by atoms with Crippen LogP contribution in [0.4, 0.5) is 0 Å². The van der Waals surface area contributed by atoms with Crippen LogP contribution < -0.4 is 5.73 Å². The van der Waals surface area contributed by atoms with Crippen LogP contribution in [0.1, 0.15) is 59.8 Å². The van der Waals surface area contributed by atoms with E-state index < -0.39 is 0 Å². The number of rotatable bonds is 4. The van der Waals surface area contributed by atoms with E-state index in [4.69, 9.17) is 5.73 Å². The van der Waals surface area contributed by atoms with Crippen LogP contribution in [-0.2, 0) is 0 Å². The first-order chi connectivity index (χ1) is 8.24. The normalized spacial score (nSPS) is 29.5. The second-order valence-corrected chi connectivity index (χ2v) is 8.37. The van der Waals surface area contributed by atoms with Crippen molar-refractivity contribution in [3.05, 3.63) is 0 Å². The van der Waals surface area contributed by atoms with E-state index in [1.807, 2.05) is 0 Å². The molecule has 2 nitrogen and oxygen atoms in total. The van der Waals surface area contributed by atoms with Crippen LogP contribution in [-0.4, -0.2) is 30.6 Å². The fourth-order valence-corrected chi connectivity index (χ4v) is 4.52. The number of nitrogens with two attached hydrogens (primary N) is 1. The van der Waals surface area contributed by atoms with Crippen LogP contribution in [0.15, 0.2) is 0 Å². The Bertz CT molecular complexity index is 275. The van der Waals surface area contributed by atoms with Crippen molar-refractivity contribution in [1.29, 1.82) is 0 Å². The molecule has 2 saturated carbocycles. The first kappa shape index (κ1) is 14.3. The predicted octanol–water partition coefficient (Wildman–Crippen LogP) is 3.26. The van der Waals surface area contributed by atoms with Gasteiger partial charge in [0.2, 0.25) is 0 Å². The summed E-state index contributed by atoms with van der Waals surface area (Å²) in [5.41, 5.74) is 6.97. The molecule has 1 atom stereocenters. The van der Waals surface area contributed by atoms with Gasteiger partial charge in [-0.2, -0.15) is 0 Å².